The summed E-state index contributed by atoms with van der Waals surface area (Å²) in [7, 11) is -3.84. The Kier molecular flexibility index (Phi) is 5.01. The van der Waals surface area contributed by atoms with Crippen molar-refractivity contribution in [1.29, 1.82) is 0 Å². The van der Waals surface area contributed by atoms with Crippen LogP contribution in [0.25, 0.3) is 0 Å². The molecule has 1 unspecified atom stereocenters. The number of rotatable bonds is 7. The van der Waals surface area contributed by atoms with Crippen LogP contribution >= 0.6 is 7.60 Å². The highest BCUT2D eigenvalue weighted by molar-refractivity contribution is 7.53. The third kappa shape index (κ3) is 3.34. The molecule has 1 saturated carbocycles. The molecule has 0 amide bonds. The smallest absolute Gasteiger partial charge is 0.359 e. The second-order valence-electron chi connectivity index (χ2n) is 6.03. The van der Waals surface area contributed by atoms with Crippen molar-refractivity contribution in [1.82, 2.24) is 0 Å². The third-order valence-corrected chi connectivity index (χ3v) is 5.94. The van der Waals surface area contributed by atoms with Gasteiger partial charge in [-0.25, -0.2) is 4.89 Å². The standard InChI is InChI=1S/C12H25O5P/c1-8(2)11(9(3)4)18(14,15)17-16-12(7-13)6-10(12)5/h8-11,13H,6-7H2,1-5H3,(H,14,15)/t10-,12+/m0/s1. The number of aliphatic hydroxyl groups is 1. The van der Waals surface area contributed by atoms with Crippen molar-refractivity contribution in [2.24, 2.45) is 17.8 Å². The highest BCUT2D eigenvalue weighted by atomic mass is 31.2. The Balaban J connectivity index is 2.66. The van der Waals surface area contributed by atoms with Gasteiger partial charge in [0.15, 0.2) is 0 Å². The highest BCUT2D eigenvalue weighted by Gasteiger charge is 2.55. The van der Waals surface area contributed by atoms with E-state index in [4.69, 9.17) is 9.56 Å². The number of hydrogen-bond acceptors (Lipinski definition) is 4. The lowest BCUT2D eigenvalue weighted by atomic mass is 10.00. The fourth-order valence-corrected chi connectivity index (χ4v) is 4.38. The summed E-state index contributed by atoms with van der Waals surface area (Å²) in [5, 5.41) is 9.20. The average molecular weight is 280 g/mol. The Bertz CT molecular complexity index is 318. The first-order valence-corrected chi connectivity index (χ1v) is 8.11. The van der Waals surface area contributed by atoms with E-state index in [0.717, 1.165) is 0 Å². The molecule has 3 atom stereocenters. The van der Waals surface area contributed by atoms with E-state index in [1.807, 2.05) is 34.6 Å². The minimum Gasteiger partial charge on any atom is -0.393 e. The van der Waals surface area contributed by atoms with Crippen LogP contribution in [0, 0.1) is 17.8 Å². The molecule has 5 nitrogen and oxygen atoms in total. The lowest BCUT2D eigenvalue weighted by molar-refractivity contribution is -0.276. The van der Waals surface area contributed by atoms with Gasteiger partial charge in [-0.2, -0.15) is 0 Å². The zero-order valence-electron chi connectivity index (χ0n) is 11.8. The molecule has 1 aliphatic carbocycles. The van der Waals surface area contributed by atoms with E-state index in [1.165, 1.54) is 0 Å². The largest absolute Gasteiger partial charge is 0.393 e. The molecule has 0 bridgehead atoms. The lowest BCUT2D eigenvalue weighted by Gasteiger charge is -2.29. The second kappa shape index (κ2) is 5.59. The SMILES string of the molecule is CC(C)C(C(C)C)P(=O)(O)OO[C@@]1(CO)C[C@@H]1C. The van der Waals surface area contributed by atoms with Gasteiger partial charge in [0, 0.05) is 0 Å². The molecule has 0 saturated heterocycles. The van der Waals surface area contributed by atoms with Crippen molar-refractivity contribution >= 4 is 7.60 Å². The van der Waals surface area contributed by atoms with Crippen LogP contribution in [0.3, 0.4) is 0 Å². The van der Waals surface area contributed by atoms with Crippen LogP contribution in [0.15, 0.2) is 0 Å². The van der Waals surface area contributed by atoms with Gasteiger partial charge in [0.2, 0.25) is 0 Å². The van der Waals surface area contributed by atoms with Crippen molar-refractivity contribution < 1.29 is 24.1 Å². The number of aliphatic hydroxyl groups excluding tert-OH is 1. The summed E-state index contributed by atoms with van der Waals surface area (Å²) in [6, 6.07) is 0. The molecule has 2 N–H and O–H groups in total. The van der Waals surface area contributed by atoms with Gasteiger partial charge < -0.3 is 10.00 Å². The van der Waals surface area contributed by atoms with Gasteiger partial charge in [-0.1, -0.05) is 34.6 Å². The topological polar surface area (TPSA) is 76.0 Å². The Labute approximate surface area is 109 Å². The van der Waals surface area contributed by atoms with Crippen LogP contribution in [0.5, 0.6) is 0 Å². The molecule has 0 aliphatic heterocycles. The fourth-order valence-electron chi connectivity index (χ4n) is 2.52. The maximum Gasteiger partial charge on any atom is 0.359 e. The van der Waals surface area contributed by atoms with Crippen LogP contribution in [0.2, 0.25) is 0 Å². The van der Waals surface area contributed by atoms with E-state index >= 15 is 0 Å². The molecule has 108 valence electrons. The van der Waals surface area contributed by atoms with Gasteiger partial charge >= 0.3 is 7.60 Å². The van der Waals surface area contributed by atoms with Crippen LogP contribution in [-0.2, 0) is 14.1 Å². The summed E-state index contributed by atoms with van der Waals surface area (Å²) >= 11 is 0. The predicted octanol–water partition coefficient (Wildman–Crippen LogP) is 2.57. The summed E-state index contributed by atoms with van der Waals surface area (Å²) in [4.78, 5) is 15.1. The molecule has 0 aromatic carbocycles. The maximum atomic E-state index is 12.2. The highest BCUT2D eigenvalue weighted by Crippen LogP contribution is 2.57. The number of hydrogen-bond donors (Lipinski definition) is 2. The van der Waals surface area contributed by atoms with Crippen molar-refractivity contribution in [3.8, 4) is 0 Å². The normalized spacial score (nSPS) is 31.1. The molecule has 0 aromatic rings. The third-order valence-electron chi connectivity index (χ3n) is 3.71. The van der Waals surface area contributed by atoms with E-state index in [2.05, 4.69) is 0 Å². The first kappa shape index (κ1) is 16.1. The lowest BCUT2D eigenvalue weighted by Crippen LogP contribution is -2.27. The van der Waals surface area contributed by atoms with Crippen LogP contribution < -0.4 is 0 Å². The fraction of sp³-hybridized carbons (Fsp3) is 1.00. The molecule has 1 rings (SSSR count). The molecule has 18 heavy (non-hydrogen) atoms. The van der Waals surface area contributed by atoms with Crippen LogP contribution in [-0.4, -0.2) is 27.9 Å². The van der Waals surface area contributed by atoms with Gasteiger partial charge in [0.05, 0.1) is 12.3 Å². The summed E-state index contributed by atoms with van der Waals surface area (Å²) in [5.74, 6) is 0.191. The van der Waals surface area contributed by atoms with Crippen molar-refractivity contribution in [2.45, 2.75) is 52.3 Å². The van der Waals surface area contributed by atoms with Gasteiger partial charge in [0.25, 0.3) is 0 Å². The van der Waals surface area contributed by atoms with Gasteiger partial charge in [0.1, 0.15) is 5.60 Å². The monoisotopic (exact) mass is 280 g/mol. The average Bonchev–Trinajstić information content (AvgIpc) is 2.85. The van der Waals surface area contributed by atoms with Crippen LogP contribution in [0.4, 0.5) is 0 Å². The zero-order valence-corrected chi connectivity index (χ0v) is 12.7. The summed E-state index contributed by atoms with van der Waals surface area (Å²) in [6.07, 6.45) is 0.650. The predicted molar refractivity (Wildman–Crippen MR) is 69.1 cm³/mol. The maximum absolute atomic E-state index is 12.2. The first-order chi connectivity index (χ1) is 8.16. The minimum atomic E-state index is -3.84. The van der Waals surface area contributed by atoms with Crippen molar-refractivity contribution in [3.63, 3.8) is 0 Å². The quantitative estimate of drug-likeness (QED) is 0.426. The van der Waals surface area contributed by atoms with Crippen LogP contribution in [0.1, 0.15) is 41.0 Å². The summed E-state index contributed by atoms with van der Waals surface area (Å²) in [6.45, 7) is 9.26. The Morgan fingerprint density at radius 3 is 2.06 bits per heavy atom. The molecule has 0 radical (unpaired) electrons. The zero-order chi connectivity index (χ0) is 14.1. The summed E-state index contributed by atoms with van der Waals surface area (Å²) in [5.41, 5.74) is -1.25. The Morgan fingerprint density at radius 1 is 1.33 bits per heavy atom. The van der Waals surface area contributed by atoms with E-state index in [1.54, 1.807) is 0 Å². The second-order valence-corrected chi connectivity index (χ2v) is 7.90. The minimum absolute atomic E-state index is 0.0196. The molecular weight excluding hydrogens is 255 g/mol. The van der Waals surface area contributed by atoms with E-state index in [9.17, 15) is 14.6 Å². The molecular formula is C12H25O5P. The van der Waals surface area contributed by atoms with Crippen molar-refractivity contribution in [3.05, 3.63) is 0 Å². The Hall–Kier alpha value is 0.0700. The van der Waals surface area contributed by atoms with Gasteiger partial charge in [-0.05, 0) is 24.2 Å². The van der Waals surface area contributed by atoms with E-state index in [0.29, 0.717) is 6.42 Å². The molecule has 0 heterocycles. The summed E-state index contributed by atoms with van der Waals surface area (Å²) < 4.78 is 17.1. The molecule has 0 spiro atoms. The molecule has 1 aliphatic rings. The molecule has 1 fully saturated rings. The van der Waals surface area contributed by atoms with Gasteiger partial charge in [-0.3, -0.25) is 4.57 Å². The first-order valence-electron chi connectivity index (χ1n) is 6.47. The van der Waals surface area contributed by atoms with Gasteiger partial charge in [-0.15, -0.1) is 4.67 Å². The van der Waals surface area contributed by atoms with Crippen molar-refractivity contribution in [2.75, 3.05) is 6.61 Å². The van der Waals surface area contributed by atoms with E-state index in [-0.39, 0.29) is 24.4 Å². The molecule has 0 aromatic heterocycles. The van der Waals surface area contributed by atoms with E-state index < -0.39 is 18.9 Å². The molecule has 6 heteroatoms. The Morgan fingerprint density at radius 2 is 1.78 bits per heavy atom.